The summed E-state index contributed by atoms with van der Waals surface area (Å²) in [4.78, 5) is 6.82. The maximum absolute atomic E-state index is 5.83. The SMILES string of the molecule is c1ccc(Oc2ccc(Nc3nncc(N4CCc5ccccc54)n3)cc2)cc1. The molecule has 0 atom stereocenters. The summed E-state index contributed by atoms with van der Waals surface area (Å²) in [6.07, 6.45) is 2.70. The predicted molar refractivity (Wildman–Crippen MR) is 113 cm³/mol. The highest BCUT2D eigenvalue weighted by Gasteiger charge is 2.21. The smallest absolute Gasteiger partial charge is 0.249 e. The fourth-order valence-electron chi connectivity index (χ4n) is 3.41. The first-order valence-electron chi connectivity index (χ1n) is 9.50. The topological polar surface area (TPSA) is 63.2 Å². The zero-order valence-corrected chi connectivity index (χ0v) is 15.7. The Labute approximate surface area is 168 Å². The Morgan fingerprint density at radius 1 is 0.828 bits per heavy atom. The third-order valence-corrected chi connectivity index (χ3v) is 4.80. The fraction of sp³-hybridized carbons (Fsp3) is 0.0870. The molecule has 1 N–H and O–H groups in total. The van der Waals surface area contributed by atoms with Crippen molar-refractivity contribution < 1.29 is 4.74 Å². The highest BCUT2D eigenvalue weighted by molar-refractivity contribution is 5.68. The molecule has 3 aromatic carbocycles. The summed E-state index contributed by atoms with van der Waals surface area (Å²) in [6, 6.07) is 25.8. The summed E-state index contributed by atoms with van der Waals surface area (Å²) >= 11 is 0. The molecular formula is C23H19N5O. The van der Waals surface area contributed by atoms with E-state index in [0.717, 1.165) is 36.0 Å². The number of hydrogen-bond acceptors (Lipinski definition) is 6. The van der Waals surface area contributed by atoms with E-state index in [1.807, 2.05) is 60.7 Å². The van der Waals surface area contributed by atoms with Crippen LogP contribution in [0.5, 0.6) is 11.5 Å². The minimum Gasteiger partial charge on any atom is -0.457 e. The van der Waals surface area contributed by atoms with Gasteiger partial charge in [-0.2, -0.15) is 10.1 Å². The van der Waals surface area contributed by atoms with Crippen molar-refractivity contribution in [2.24, 2.45) is 0 Å². The molecule has 0 amide bonds. The number of para-hydroxylation sites is 2. The van der Waals surface area contributed by atoms with Gasteiger partial charge in [-0.15, -0.1) is 5.10 Å². The van der Waals surface area contributed by atoms with Gasteiger partial charge in [0.2, 0.25) is 5.95 Å². The van der Waals surface area contributed by atoms with E-state index >= 15 is 0 Å². The maximum Gasteiger partial charge on any atom is 0.249 e. The van der Waals surface area contributed by atoms with Gasteiger partial charge in [0, 0.05) is 17.9 Å². The van der Waals surface area contributed by atoms with Crippen LogP contribution in [-0.4, -0.2) is 21.7 Å². The van der Waals surface area contributed by atoms with Crippen molar-refractivity contribution in [3.8, 4) is 11.5 Å². The van der Waals surface area contributed by atoms with Crippen molar-refractivity contribution in [2.75, 3.05) is 16.8 Å². The molecule has 6 heteroatoms. The normalized spacial score (nSPS) is 12.5. The van der Waals surface area contributed by atoms with Gasteiger partial charge in [-0.3, -0.25) is 0 Å². The summed E-state index contributed by atoms with van der Waals surface area (Å²) < 4.78 is 5.83. The van der Waals surface area contributed by atoms with Crippen molar-refractivity contribution in [3.05, 3.63) is 90.6 Å². The first-order chi connectivity index (χ1) is 14.3. The number of benzene rings is 3. The number of anilines is 4. The number of rotatable bonds is 5. The average Bonchev–Trinajstić information content (AvgIpc) is 3.20. The van der Waals surface area contributed by atoms with E-state index in [9.17, 15) is 0 Å². The highest BCUT2D eigenvalue weighted by Crippen LogP contribution is 2.33. The van der Waals surface area contributed by atoms with E-state index in [1.54, 1.807) is 6.20 Å². The third kappa shape index (κ3) is 3.73. The summed E-state index contributed by atoms with van der Waals surface area (Å²) in [5, 5.41) is 11.5. The van der Waals surface area contributed by atoms with Gasteiger partial charge in [0.25, 0.3) is 0 Å². The van der Waals surface area contributed by atoms with Crippen molar-refractivity contribution in [3.63, 3.8) is 0 Å². The Morgan fingerprint density at radius 3 is 2.45 bits per heavy atom. The molecule has 4 aromatic rings. The van der Waals surface area contributed by atoms with Crippen LogP contribution in [0.2, 0.25) is 0 Å². The zero-order valence-electron chi connectivity index (χ0n) is 15.7. The Balaban J connectivity index is 1.31. The summed E-state index contributed by atoms with van der Waals surface area (Å²) in [5.41, 5.74) is 3.38. The van der Waals surface area contributed by atoms with E-state index in [-0.39, 0.29) is 0 Å². The summed E-state index contributed by atoms with van der Waals surface area (Å²) in [7, 11) is 0. The number of nitrogens with zero attached hydrogens (tertiary/aromatic N) is 4. The average molecular weight is 381 g/mol. The molecule has 0 fully saturated rings. The molecule has 1 aliphatic rings. The largest absolute Gasteiger partial charge is 0.457 e. The van der Waals surface area contributed by atoms with E-state index in [1.165, 1.54) is 11.3 Å². The highest BCUT2D eigenvalue weighted by atomic mass is 16.5. The Hall–Kier alpha value is -3.93. The van der Waals surface area contributed by atoms with Gasteiger partial charge in [-0.05, 0) is 54.4 Å². The lowest BCUT2D eigenvalue weighted by Crippen LogP contribution is -2.16. The molecule has 0 bridgehead atoms. The molecule has 2 heterocycles. The minimum atomic E-state index is 0.462. The van der Waals surface area contributed by atoms with Crippen LogP contribution < -0.4 is 15.0 Å². The molecule has 142 valence electrons. The van der Waals surface area contributed by atoms with Gasteiger partial charge in [0.1, 0.15) is 11.5 Å². The molecule has 0 aliphatic carbocycles. The molecule has 0 radical (unpaired) electrons. The maximum atomic E-state index is 5.83. The van der Waals surface area contributed by atoms with Crippen LogP contribution in [0.3, 0.4) is 0 Å². The van der Waals surface area contributed by atoms with Crippen LogP contribution in [0.25, 0.3) is 0 Å². The molecule has 6 nitrogen and oxygen atoms in total. The molecular weight excluding hydrogens is 362 g/mol. The van der Waals surface area contributed by atoms with Gasteiger partial charge in [0.15, 0.2) is 5.82 Å². The van der Waals surface area contributed by atoms with E-state index in [0.29, 0.717) is 5.95 Å². The van der Waals surface area contributed by atoms with Crippen LogP contribution in [-0.2, 0) is 6.42 Å². The van der Waals surface area contributed by atoms with Crippen molar-refractivity contribution in [2.45, 2.75) is 6.42 Å². The van der Waals surface area contributed by atoms with Crippen LogP contribution in [0.1, 0.15) is 5.56 Å². The lowest BCUT2D eigenvalue weighted by molar-refractivity contribution is 0.483. The summed E-state index contributed by atoms with van der Waals surface area (Å²) in [5.74, 6) is 2.82. The minimum absolute atomic E-state index is 0.462. The number of aromatic nitrogens is 3. The van der Waals surface area contributed by atoms with Crippen molar-refractivity contribution in [1.29, 1.82) is 0 Å². The molecule has 1 aromatic heterocycles. The predicted octanol–water partition coefficient (Wildman–Crippen LogP) is 5.10. The Kier molecular flexibility index (Phi) is 4.50. The van der Waals surface area contributed by atoms with Gasteiger partial charge < -0.3 is 15.0 Å². The molecule has 0 unspecified atom stereocenters. The molecule has 5 rings (SSSR count). The second-order valence-corrected chi connectivity index (χ2v) is 6.73. The molecule has 0 spiro atoms. The second-order valence-electron chi connectivity index (χ2n) is 6.73. The number of hydrogen-bond donors (Lipinski definition) is 1. The quantitative estimate of drug-likeness (QED) is 0.519. The van der Waals surface area contributed by atoms with Gasteiger partial charge >= 0.3 is 0 Å². The monoisotopic (exact) mass is 381 g/mol. The second kappa shape index (κ2) is 7.59. The van der Waals surface area contributed by atoms with Gasteiger partial charge in [-0.1, -0.05) is 36.4 Å². The number of nitrogens with one attached hydrogen (secondary N) is 1. The molecule has 29 heavy (non-hydrogen) atoms. The van der Waals surface area contributed by atoms with Crippen LogP contribution in [0, 0.1) is 0 Å². The first kappa shape index (κ1) is 17.2. The van der Waals surface area contributed by atoms with Gasteiger partial charge in [-0.25, -0.2) is 0 Å². The third-order valence-electron chi connectivity index (χ3n) is 4.80. The lowest BCUT2D eigenvalue weighted by Gasteiger charge is -2.18. The van der Waals surface area contributed by atoms with Gasteiger partial charge in [0.05, 0.1) is 6.20 Å². The molecule has 0 saturated carbocycles. The summed E-state index contributed by atoms with van der Waals surface area (Å²) in [6.45, 7) is 0.892. The van der Waals surface area contributed by atoms with E-state index in [4.69, 9.17) is 4.74 Å². The van der Waals surface area contributed by atoms with Crippen molar-refractivity contribution in [1.82, 2.24) is 15.2 Å². The van der Waals surface area contributed by atoms with E-state index in [2.05, 4.69) is 43.6 Å². The standard InChI is InChI=1S/C23H19N5O/c1-2-7-19(8-3-1)29-20-12-10-18(11-13-20)25-23-26-22(16-24-27-23)28-15-14-17-6-4-5-9-21(17)28/h1-13,16H,14-15H2,(H,25,26,27). The van der Waals surface area contributed by atoms with Crippen molar-refractivity contribution >= 4 is 23.1 Å². The molecule has 1 aliphatic heterocycles. The Bertz CT molecular complexity index is 1120. The molecule has 0 saturated heterocycles. The zero-order chi connectivity index (χ0) is 19.5. The van der Waals surface area contributed by atoms with Crippen LogP contribution in [0.4, 0.5) is 23.1 Å². The number of fused-ring (bicyclic) bond motifs is 1. The van der Waals surface area contributed by atoms with Crippen LogP contribution in [0.15, 0.2) is 85.1 Å². The van der Waals surface area contributed by atoms with E-state index < -0.39 is 0 Å². The number of ether oxygens (including phenoxy) is 1. The first-order valence-corrected chi connectivity index (χ1v) is 9.50. The Morgan fingerprint density at radius 2 is 1.59 bits per heavy atom. The fourth-order valence-corrected chi connectivity index (χ4v) is 3.41. The van der Waals surface area contributed by atoms with Crippen LogP contribution >= 0.6 is 0 Å². The lowest BCUT2D eigenvalue weighted by atomic mass is 10.2.